The van der Waals surface area contributed by atoms with Gasteiger partial charge in [-0.25, -0.2) is 9.59 Å². The molecule has 1 N–H and O–H groups in total. The summed E-state index contributed by atoms with van der Waals surface area (Å²) < 4.78 is 13.7. The van der Waals surface area contributed by atoms with Crippen LogP contribution in [0.5, 0.6) is 5.75 Å². The van der Waals surface area contributed by atoms with Gasteiger partial charge in [0.25, 0.3) is 0 Å². The number of ether oxygens (including phenoxy) is 2. The number of halogens is 3. The fourth-order valence-corrected chi connectivity index (χ4v) is 6.59. The van der Waals surface area contributed by atoms with Gasteiger partial charge in [-0.2, -0.15) is 0 Å². The molecule has 1 aromatic carbocycles. The van der Waals surface area contributed by atoms with Crippen molar-refractivity contribution in [3.63, 3.8) is 0 Å². The molecule has 8 heteroatoms. The zero-order chi connectivity index (χ0) is 19.3. The topological polar surface area (TPSA) is 64.6 Å². The summed E-state index contributed by atoms with van der Waals surface area (Å²) in [5, 5.41) is 3.30. The summed E-state index contributed by atoms with van der Waals surface area (Å²) in [5.41, 5.74) is -0.561. The van der Waals surface area contributed by atoms with E-state index >= 15 is 0 Å². The maximum absolute atomic E-state index is 12.1. The van der Waals surface area contributed by atoms with Crippen LogP contribution in [0.25, 0.3) is 0 Å². The minimum Gasteiger partial charge on any atom is -0.456 e. The van der Waals surface area contributed by atoms with Gasteiger partial charge < -0.3 is 14.8 Å². The van der Waals surface area contributed by atoms with E-state index < -0.39 is 17.5 Å². The number of piperidine rings is 1. The highest BCUT2D eigenvalue weighted by molar-refractivity contribution is 14.1. The standard InChI is InChI=1S/C18H20I3NO4/c1-18(2,11-5-7-22-8-6-11)26-16(24)4-3-15(23)25-17-13(20)9-12(19)10-14(17)21/h3-4,9-11,22H,5-8H2,1-2H3. The number of carbonyl (C=O) groups excluding carboxylic acids is 2. The van der Waals surface area contributed by atoms with Crippen molar-refractivity contribution in [3.8, 4) is 5.75 Å². The Bertz CT molecular complexity index is 689. The number of nitrogens with one attached hydrogen (secondary N) is 1. The minimum atomic E-state index is -0.598. The molecule has 1 fully saturated rings. The zero-order valence-electron chi connectivity index (χ0n) is 14.5. The van der Waals surface area contributed by atoms with Gasteiger partial charge in [-0.3, -0.25) is 0 Å². The Morgan fingerprint density at radius 2 is 1.62 bits per heavy atom. The van der Waals surface area contributed by atoms with E-state index in [9.17, 15) is 9.59 Å². The molecule has 0 aliphatic carbocycles. The summed E-state index contributed by atoms with van der Waals surface area (Å²) in [6.07, 6.45) is 4.19. The van der Waals surface area contributed by atoms with Gasteiger partial charge >= 0.3 is 11.9 Å². The van der Waals surface area contributed by atoms with Crippen molar-refractivity contribution in [3.05, 3.63) is 35.0 Å². The molecule has 2 rings (SSSR count). The predicted molar refractivity (Wildman–Crippen MR) is 125 cm³/mol. The van der Waals surface area contributed by atoms with Crippen molar-refractivity contribution in [2.45, 2.75) is 32.3 Å². The third-order valence-corrected chi connectivity index (χ3v) is 6.43. The normalized spacial score (nSPS) is 15.9. The second kappa shape index (κ2) is 10.0. The van der Waals surface area contributed by atoms with Crippen LogP contribution in [0.1, 0.15) is 26.7 Å². The maximum atomic E-state index is 12.1. The molecule has 0 amide bonds. The lowest BCUT2D eigenvalue weighted by Crippen LogP contribution is -2.42. The summed E-state index contributed by atoms with van der Waals surface area (Å²) in [6, 6.07) is 3.84. The second-order valence-electron chi connectivity index (χ2n) is 6.50. The lowest BCUT2D eigenvalue weighted by atomic mass is 9.83. The van der Waals surface area contributed by atoms with E-state index in [4.69, 9.17) is 9.47 Å². The van der Waals surface area contributed by atoms with Crippen LogP contribution in [0.3, 0.4) is 0 Å². The van der Waals surface area contributed by atoms with Crippen LogP contribution in [-0.4, -0.2) is 30.6 Å². The average molecular weight is 695 g/mol. The van der Waals surface area contributed by atoms with Gasteiger partial charge in [0.15, 0.2) is 5.75 Å². The molecule has 0 spiro atoms. The molecule has 0 bridgehead atoms. The van der Waals surface area contributed by atoms with Gasteiger partial charge in [-0.1, -0.05) is 0 Å². The summed E-state index contributed by atoms with van der Waals surface area (Å²) in [4.78, 5) is 24.1. The van der Waals surface area contributed by atoms with Crippen LogP contribution in [0.4, 0.5) is 0 Å². The third kappa shape index (κ3) is 6.59. The van der Waals surface area contributed by atoms with Crippen LogP contribution in [0.15, 0.2) is 24.3 Å². The number of benzene rings is 1. The summed E-state index contributed by atoms with van der Waals surface area (Å²) >= 11 is 6.45. The van der Waals surface area contributed by atoms with Gasteiger partial charge in [-0.05, 0) is 120 Å². The molecule has 1 aromatic rings. The summed E-state index contributed by atoms with van der Waals surface area (Å²) in [6.45, 7) is 5.70. The minimum absolute atomic E-state index is 0.308. The Labute approximate surface area is 194 Å². The van der Waals surface area contributed by atoms with Crippen molar-refractivity contribution in [1.29, 1.82) is 0 Å². The first kappa shape index (κ1) is 22.3. The molecule has 26 heavy (non-hydrogen) atoms. The third-order valence-electron chi connectivity index (χ3n) is 4.21. The Morgan fingerprint density at radius 1 is 1.08 bits per heavy atom. The number of rotatable bonds is 5. The quantitative estimate of drug-likeness (QED) is 0.216. The van der Waals surface area contributed by atoms with Crippen LogP contribution >= 0.6 is 67.8 Å². The smallest absolute Gasteiger partial charge is 0.336 e. The van der Waals surface area contributed by atoms with E-state index in [0.717, 1.165) is 48.8 Å². The molecule has 0 unspecified atom stereocenters. The lowest BCUT2D eigenvalue weighted by molar-refractivity contribution is -0.156. The SMILES string of the molecule is CC(C)(OC(=O)C=CC(=O)Oc1c(I)cc(I)cc1I)C1CCNCC1. The molecule has 1 heterocycles. The van der Waals surface area contributed by atoms with E-state index in [1.165, 1.54) is 0 Å². The largest absolute Gasteiger partial charge is 0.456 e. The van der Waals surface area contributed by atoms with Crippen molar-refractivity contribution < 1.29 is 19.1 Å². The van der Waals surface area contributed by atoms with Crippen molar-refractivity contribution in [2.24, 2.45) is 5.92 Å². The first-order valence-electron chi connectivity index (χ1n) is 8.17. The fourth-order valence-electron chi connectivity index (χ4n) is 2.79. The first-order valence-corrected chi connectivity index (χ1v) is 11.4. The number of carbonyl (C=O) groups is 2. The summed E-state index contributed by atoms with van der Waals surface area (Å²) in [7, 11) is 0. The van der Waals surface area contributed by atoms with E-state index in [-0.39, 0.29) is 0 Å². The number of hydrogen-bond acceptors (Lipinski definition) is 5. The van der Waals surface area contributed by atoms with Gasteiger partial charge in [0.05, 0.1) is 7.14 Å². The van der Waals surface area contributed by atoms with Gasteiger partial charge in [0, 0.05) is 21.6 Å². The Balaban J connectivity index is 1.94. The molecular weight excluding hydrogens is 675 g/mol. The van der Waals surface area contributed by atoms with Gasteiger partial charge in [-0.15, -0.1) is 0 Å². The number of esters is 2. The molecule has 142 valence electrons. The van der Waals surface area contributed by atoms with E-state index in [2.05, 4.69) is 73.1 Å². The lowest BCUT2D eigenvalue weighted by Gasteiger charge is -2.36. The monoisotopic (exact) mass is 695 g/mol. The molecule has 5 nitrogen and oxygen atoms in total. The van der Waals surface area contributed by atoms with E-state index in [1.54, 1.807) is 0 Å². The Morgan fingerprint density at radius 3 is 2.19 bits per heavy atom. The molecule has 1 aliphatic heterocycles. The molecule has 0 saturated carbocycles. The van der Waals surface area contributed by atoms with Crippen LogP contribution < -0.4 is 10.1 Å². The van der Waals surface area contributed by atoms with E-state index in [0.29, 0.717) is 11.7 Å². The molecule has 0 aromatic heterocycles. The highest BCUT2D eigenvalue weighted by atomic mass is 127. The van der Waals surface area contributed by atoms with Crippen molar-refractivity contribution in [2.75, 3.05) is 13.1 Å². The highest BCUT2D eigenvalue weighted by Crippen LogP contribution is 2.30. The highest BCUT2D eigenvalue weighted by Gasteiger charge is 2.33. The van der Waals surface area contributed by atoms with Crippen molar-refractivity contribution >= 4 is 79.7 Å². The fraction of sp³-hybridized carbons (Fsp3) is 0.444. The Kier molecular flexibility index (Phi) is 8.60. The molecule has 0 atom stereocenters. The Hall–Kier alpha value is 0.0500. The van der Waals surface area contributed by atoms with Crippen molar-refractivity contribution in [1.82, 2.24) is 5.32 Å². The van der Waals surface area contributed by atoms with Crippen LogP contribution in [0.2, 0.25) is 0 Å². The maximum Gasteiger partial charge on any atom is 0.336 e. The zero-order valence-corrected chi connectivity index (χ0v) is 21.0. The van der Waals surface area contributed by atoms with Gasteiger partial charge in [0.1, 0.15) is 5.60 Å². The molecule has 1 saturated heterocycles. The van der Waals surface area contributed by atoms with Crippen LogP contribution in [0, 0.1) is 16.6 Å². The van der Waals surface area contributed by atoms with Crippen LogP contribution in [-0.2, 0) is 14.3 Å². The second-order valence-corrected chi connectivity index (χ2v) is 10.1. The molecule has 0 radical (unpaired) electrons. The predicted octanol–water partition coefficient (Wildman–Crippen LogP) is 4.28. The molecule has 1 aliphatic rings. The summed E-state index contributed by atoms with van der Waals surface area (Å²) in [5.74, 6) is -0.316. The first-order chi connectivity index (χ1) is 12.2. The van der Waals surface area contributed by atoms with E-state index in [1.807, 2.05) is 26.0 Å². The number of hydrogen-bond donors (Lipinski definition) is 1. The molecular formula is C18H20I3NO4. The average Bonchev–Trinajstić information content (AvgIpc) is 2.56. The van der Waals surface area contributed by atoms with Gasteiger partial charge in [0.2, 0.25) is 0 Å².